The molecule has 0 heterocycles. The van der Waals surface area contributed by atoms with Crippen molar-refractivity contribution in [3.05, 3.63) is 0 Å². The van der Waals surface area contributed by atoms with Crippen molar-refractivity contribution < 1.29 is 0 Å². The molecular formula is C16H31N. The van der Waals surface area contributed by atoms with Gasteiger partial charge in [0.1, 0.15) is 0 Å². The molecule has 0 spiro atoms. The predicted molar refractivity (Wildman–Crippen MR) is 75.1 cm³/mol. The second-order valence-corrected chi connectivity index (χ2v) is 6.70. The largest absolute Gasteiger partial charge is 0.316 e. The lowest BCUT2D eigenvalue weighted by Crippen LogP contribution is -2.35. The second kappa shape index (κ2) is 6.78. The molecule has 2 aliphatic carbocycles. The molecule has 0 saturated heterocycles. The second-order valence-electron chi connectivity index (χ2n) is 6.70. The van der Waals surface area contributed by atoms with Crippen LogP contribution in [0, 0.1) is 23.7 Å². The summed E-state index contributed by atoms with van der Waals surface area (Å²) in [5, 5.41) is 3.79. The Kier molecular flexibility index (Phi) is 5.34. The standard InChI is InChI=1S/C16H31N/c1-13-7-3-5-9-15(13)11-17-12-16-10-6-4-8-14(16)2/h13-17H,3-12H2,1-2H3/t13-,14-,15-,16+/m0/s1. The molecular weight excluding hydrogens is 206 g/mol. The van der Waals surface area contributed by atoms with Crippen molar-refractivity contribution in [2.75, 3.05) is 13.1 Å². The highest BCUT2D eigenvalue weighted by molar-refractivity contribution is 4.77. The van der Waals surface area contributed by atoms with Gasteiger partial charge in [0.25, 0.3) is 0 Å². The topological polar surface area (TPSA) is 12.0 Å². The first-order valence-electron chi connectivity index (χ1n) is 7.98. The van der Waals surface area contributed by atoms with Gasteiger partial charge in [-0.15, -0.1) is 0 Å². The summed E-state index contributed by atoms with van der Waals surface area (Å²) in [7, 11) is 0. The predicted octanol–water partition coefficient (Wildman–Crippen LogP) is 4.23. The molecule has 2 aliphatic rings. The van der Waals surface area contributed by atoms with Gasteiger partial charge >= 0.3 is 0 Å². The summed E-state index contributed by atoms with van der Waals surface area (Å²) in [6.07, 6.45) is 11.7. The van der Waals surface area contributed by atoms with Crippen LogP contribution in [0.25, 0.3) is 0 Å². The quantitative estimate of drug-likeness (QED) is 0.771. The van der Waals surface area contributed by atoms with Crippen molar-refractivity contribution in [3.63, 3.8) is 0 Å². The fraction of sp³-hybridized carbons (Fsp3) is 1.00. The molecule has 17 heavy (non-hydrogen) atoms. The van der Waals surface area contributed by atoms with E-state index in [4.69, 9.17) is 0 Å². The van der Waals surface area contributed by atoms with Crippen molar-refractivity contribution in [3.8, 4) is 0 Å². The van der Waals surface area contributed by atoms with E-state index in [1.165, 1.54) is 64.5 Å². The summed E-state index contributed by atoms with van der Waals surface area (Å²) < 4.78 is 0. The zero-order chi connectivity index (χ0) is 12.1. The third-order valence-electron chi connectivity index (χ3n) is 5.39. The zero-order valence-corrected chi connectivity index (χ0v) is 11.9. The molecule has 0 radical (unpaired) electrons. The molecule has 2 saturated carbocycles. The molecule has 1 heteroatoms. The van der Waals surface area contributed by atoms with Gasteiger partial charge in [0.2, 0.25) is 0 Å². The third kappa shape index (κ3) is 3.98. The Labute approximate surface area is 108 Å². The van der Waals surface area contributed by atoms with Crippen LogP contribution in [0.3, 0.4) is 0 Å². The van der Waals surface area contributed by atoms with Crippen LogP contribution in [-0.2, 0) is 0 Å². The van der Waals surface area contributed by atoms with Gasteiger partial charge < -0.3 is 5.32 Å². The molecule has 0 bridgehead atoms. The maximum absolute atomic E-state index is 3.79. The first-order chi connectivity index (χ1) is 8.27. The molecule has 0 unspecified atom stereocenters. The number of nitrogens with one attached hydrogen (secondary N) is 1. The van der Waals surface area contributed by atoms with Crippen molar-refractivity contribution in [2.45, 2.75) is 65.2 Å². The first kappa shape index (κ1) is 13.4. The summed E-state index contributed by atoms with van der Waals surface area (Å²) in [5.74, 6) is 3.84. The Morgan fingerprint density at radius 2 is 1.12 bits per heavy atom. The van der Waals surface area contributed by atoms with E-state index in [1.54, 1.807) is 0 Å². The molecule has 0 aliphatic heterocycles. The molecule has 0 aromatic carbocycles. The molecule has 100 valence electrons. The summed E-state index contributed by atoms with van der Waals surface area (Å²) in [4.78, 5) is 0. The minimum Gasteiger partial charge on any atom is -0.316 e. The van der Waals surface area contributed by atoms with E-state index in [9.17, 15) is 0 Å². The van der Waals surface area contributed by atoms with Crippen molar-refractivity contribution >= 4 is 0 Å². The van der Waals surface area contributed by atoms with E-state index in [-0.39, 0.29) is 0 Å². The molecule has 2 fully saturated rings. The summed E-state index contributed by atoms with van der Waals surface area (Å²) in [6, 6.07) is 0. The minimum atomic E-state index is 0.958. The molecule has 0 aromatic heterocycles. The molecule has 4 atom stereocenters. The fourth-order valence-corrected chi connectivity index (χ4v) is 3.85. The Morgan fingerprint density at radius 1 is 0.706 bits per heavy atom. The Balaban J connectivity index is 1.64. The number of rotatable bonds is 4. The van der Waals surface area contributed by atoms with Crippen LogP contribution in [-0.4, -0.2) is 13.1 Å². The van der Waals surface area contributed by atoms with Gasteiger partial charge in [-0.2, -0.15) is 0 Å². The average molecular weight is 237 g/mol. The van der Waals surface area contributed by atoms with E-state index >= 15 is 0 Å². The summed E-state index contributed by atoms with van der Waals surface area (Å²) >= 11 is 0. The van der Waals surface area contributed by atoms with Crippen LogP contribution < -0.4 is 5.32 Å². The summed E-state index contributed by atoms with van der Waals surface area (Å²) in [6.45, 7) is 7.47. The van der Waals surface area contributed by atoms with Crippen LogP contribution in [0.1, 0.15) is 65.2 Å². The van der Waals surface area contributed by atoms with Crippen LogP contribution >= 0.6 is 0 Å². The normalized spacial score (nSPS) is 39.2. The number of hydrogen-bond acceptors (Lipinski definition) is 1. The lowest BCUT2D eigenvalue weighted by molar-refractivity contribution is 0.217. The maximum Gasteiger partial charge on any atom is -0.00179 e. The lowest BCUT2D eigenvalue weighted by atomic mass is 9.79. The van der Waals surface area contributed by atoms with Gasteiger partial charge in [-0.05, 0) is 49.6 Å². The van der Waals surface area contributed by atoms with Crippen LogP contribution in [0.4, 0.5) is 0 Å². The summed E-state index contributed by atoms with van der Waals surface area (Å²) in [5.41, 5.74) is 0. The van der Waals surface area contributed by atoms with E-state index in [2.05, 4.69) is 19.2 Å². The fourth-order valence-electron chi connectivity index (χ4n) is 3.85. The van der Waals surface area contributed by atoms with Gasteiger partial charge in [0.15, 0.2) is 0 Å². The maximum atomic E-state index is 3.79. The van der Waals surface area contributed by atoms with E-state index in [1.807, 2.05) is 0 Å². The van der Waals surface area contributed by atoms with Gasteiger partial charge in [-0.3, -0.25) is 0 Å². The highest BCUT2D eigenvalue weighted by Crippen LogP contribution is 2.30. The SMILES string of the molecule is C[C@H]1CCCC[C@@H]1CNC[C@@H]1CCCC[C@@H]1C. The van der Waals surface area contributed by atoms with Gasteiger partial charge in [0.05, 0.1) is 0 Å². The Hall–Kier alpha value is -0.0400. The lowest BCUT2D eigenvalue weighted by Gasteiger charge is -2.32. The average Bonchev–Trinajstić information content (AvgIpc) is 2.34. The van der Waals surface area contributed by atoms with E-state index < -0.39 is 0 Å². The van der Waals surface area contributed by atoms with Gasteiger partial charge in [-0.25, -0.2) is 0 Å². The van der Waals surface area contributed by atoms with Gasteiger partial charge in [0, 0.05) is 0 Å². The molecule has 0 aromatic rings. The highest BCUT2D eigenvalue weighted by Gasteiger charge is 2.23. The highest BCUT2D eigenvalue weighted by atomic mass is 14.9. The van der Waals surface area contributed by atoms with Gasteiger partial charge in [-0.1, -0.05) is 52.4 Å². The molecule has 2 rings (SSSR count). The molecule has 1 nitrogen and oxygen atoms in total. The smallest absolute Gasteiger partial charge is 0.00179 e. The van der Waals surface area contributed by atoms with E-state index in [0.29, 0.717) is 0 Å². The number of hydrogen-bond donors (Lipinski definition) is 1. The zero-order valence-electron chi connectivity index (χ0n) is 11.9. The van der Waals surface area contributed by atoms with E-state index in [0.717, 1.165) is 23.7 Å². The minimum absolute atomic E-state index is 0.958. The van der Waals surface area contributed by atoms with Crippen LogP contribution in [0.2, 0.25) is 0 Å². The first-order valence-corrected chi connectivity index (χ1v) is 7.98. The van der Waals surface area contributed by atoms with Crippen molar-refractivity contribution in [2.24, 2.45) is 23.7 Å². The monoisotopic (exact) mass is 237 g/mol. The molecule has 1 N–H and O–H groups in total. The van der Waals surface area contributed by atoms with Crippen molar-refractivity contribution in [1.29, 1.82) is 0 Å². The van der Waals surface area contributed by atoms with Crippen LogP contribution in [0.5, 0.6) is 0 Å². The Bertz CT molecular complexity index is 192. The Morgan fingerprint density at radius 3 is 1.53 bits per heavy atom. The van der Waals surface area contributed by atoms with Crippen LogP contribution in [0.15, 0.2) is 0 Å². The van der Waals surface area contributed by atoms with Crippen molar-refractivity contribution in [1.82, 2.24) is 5.32 Å². The molecule has 0 amide bonds. The third-order valence-corrected chi connectivity index (χ3v) is 5.39.